The Morgan fingerprint density at radius 1 is 1.05 bits per heavy atom. The number of piperidine rings is 1. The maximum Gasteiger partial charge on any atom is 0.252 e. The highest BCUT2D eigenvalue weighted by Crippen LogP contribution is 2.41. The van der Waals surface area contributed by atoms with Gasteiger partial charge in [0.05, 0.1) is 5.60 Å². The maximum absolute atomic E-state index is 13.8. The molecule has 37 heavy (non-hydrogen) atoms. The number of benzene rings is 3. The van der Waals surface area contributed by atoms with Crippen molar-refractivity contribution in [3.05, 3.63) is 115 Å². The molecule has 4 aromatic rings. The number of hydrogen-bond donors (Lipinski definition) is 3. The van der Waals surface area contributed by atoms with E-state index in [1.165, 1.54) is 6.07 Å². The highest BCUT2D eigenvalue weighted by atomic mass is 79.9. The Labute approximate surface area is 227 Å². The summed E-state index contributed by atoms with van der Waals surface area (Å²) in [6.07, 6.45) is 1.13. The fourth-order valence-corrected chi connectivity index (χ4v) is 5.80. The third kappa shape index (κ3) is 5.80. The first-order valence-electron chi connectivity index (χ1n) is 11.7. The van der Waals surface area contributed by atoms with Crippen LogP contribution in [0.15, 0.2) is 76.0 Å². The van der Waals surface area contributed by atoms with Gasteiger partial charge in [0.2, 0.25) is 0 Å². The van der Waals surface area contributed by atoms with Crippen LogP contribution in [-0.2, 0) is 6.42 Å². The minimum absolute atomic E-state index is 0. The van der Waals surface area contributed by atoms with Crippen molar-refractivity contribution in [1.82, 2.24) is 10.3 Å². The highest BCUT2D eigenvalue weighted by Gasteiger charge is 2.43. The zero-order chi connectivity index (χ0) is 25.4. The van der Waals surface area contributed by atoms with Crippen molar-refractivity contribution in [2.24, 2.45) is 0 Å². The summed E-state index contributed by atoms with van der Waals surface area (Å²) in [4.78, 5) is 16.3. The molecule has 3 aromatic carbocycles. The molecule has 8 heteroatoms. The van der Waals surface area contributed by atoms with E-state index in [0.717, 1.165) is 21.5 Å². The average Bonchev–Trinajstić information content (AvgIpc) is 2.83. The van der Waals surface area contributed by atoms with Crippen LogP contribution in [0.3, 0.4) is 0 Å². The first-order chi connectivity index (χ1) is 17.2. The van der Waals surface area contributed by atoms with E-state index in [-0.39, 0.29) is 19.0 Å². The summed E-state index contributed by atoms with van der Waals surface area (Å²) in [5.41, 5.74) is 1.03. The fraction of sp³-hybridized carbons (Fsp3) is 0.276. The predicted octanol–water partition coefficient (Wildman–Crippen LogP) is 6.72. The molecule has 0 aliphatic carbocycles. The van der Waals surface area contributed by atoms with Crippen LogP contribution in [0, 0.1) is 11.6 Å². The topological polar surface area (TPSA) is 65.1 Å². The number of aromatic nitrogens is 1. The molecule has 0 bridgehead atoms. The molecule has 0 spiro atoms. The van der Waals surface area contributed by atoms with Crippen LogP contribution in [0.4, 0.5) is 8.78 Å². The lowest BCUT2D eigenvalue weighted by Gasteiger charge is -2.43. The lowest BCUT2D eigenvalue weighted by atomic mass is 9.70. The summed E-state index contributed by atoms with van der Waals surface area (Å²) < 4.78 is 28.1. The Morgan fingerprint density at radius 2 is 1.81 bits per heavy atom. The van der Waals surface area contributed by atoms with E-state index in [1.807, 2.05) is 36.4 Å². The Kier molecular flexibility index (Phi) is 8.19. The minimum atomic E-state index is -1.27. The number of fused-ring (bicyclic) bond motifs is 1. The lowest BCUT2D eigenvalue weighted by molar-refractivity contribution is -0.0188. The summed E-state index contributed by atoms with van der Waals surface area (Å²) in [5, 5.41) is 16.9. The largest absolute Gasteiger partial charge is 0.389 e. The molecule has 0 saturated carbocycles. The maximum atomic E-state index is 13.8. The van der Waals surface area contributed by atoms with Crippen LogP contribution in [0.2, 0.25) is 5.02 Å². The summed E-state index contributed by atoms with van der Waals surface area (Å²) in [7, 11) is 0. The molecule has 1 aromatic heterocycles. The van der Waals surface area contributed by atoms with Crippen LogP contribution in [-0.4, -0.2) is 28.3 Å². The number of nitrogens with one attached hydrogen (secondary N) is 2. The monoisotopic (exact) mass is 588 g/mol. The average molecular weight is 590 g/mol. The highest BCUT2D eigenvalue weighted by molar-refractivity contribution is 9.10. The van der Waals surface area contributed by atoms with Crippen LogP contribution in [0.1, 0.15) is 42.9 Å². The van der Waals surface area contributed by atoms with Crippen molar-refractivity contribution in [2.45, 2.75) is 44.2 Å². The van der Waals surface area contributed by atoms with E-state index in [9.17, 15) is 18.7 Å². The molecule has 1 aliphatic rings. The van der Waals surface area contributed by atoms with Gasteiger partial charge in [0.15, 0.2) is 11.6 Å². The summed E-state index contributed by atoms with van der Waals surface area (Å²) in [5.74, 6) is -2.42. The van der Waals surface area contributed by atoms with E-state index in [4.69, 9.17) is 11.6 Å². The number of aromatic amines is 1. The van der Waals surface area contributed by atoms with Gasteiger partial charge in [-0.25, -0.2) is 8.78 Å². The van der Waals surface area contributed by atoms with Crippen molar-refractivity contribution in [3.8, 4) is 0 Å². The lowest BCUT2D eigenvalue weighted by Crippen LogP contribution is -2.52. The standard InChI is InChI=1S/C28H24BrClF2N2O2.CH4/c29-19-4-8-25-18(13-19)14-22(27(35)34-25)26(17-2-5-20(30)6-3-17)28(36)9-10-33-21(15-28)11-16-1-7-23(31)24(32)12-16;/h1-8,12-14,21,26,33,36H,9-11,15H2,(H,34,35);1H4. The Balaban J connectivity index is 0.00000320. The summed E-state index contributed by atoms with van der Waals surface area (Å²) in [6.45, 7) is 0.506. The normalized spacial score (nSPS) is 20.4. The molecule has 3 atom stereocenters. The first-order valence-corrected chi connectivity index (χ1v) is 12.9. The molecule has 3 N–H and O–H groups in total. The molecular weight excluding hydrogens is 562 g/mol. The molecular formula is C29H28BrClF2N2O2. The molecule has 1 fully saturated rings. The molecule has 0 radical (unpaired) electrons. The van der Waals surface area contributed by atoms with Crippen molar-refractivity contribution in [3.63, 3.8) is 0 Å². The molecule has 1 aliphatic heterocycles. The second kappa shape index (κ2) is 11.0. The van der Waals surface area contributed by atoms with E-state index >= 15 is 0 Å². The third-order valence-electron chi connectivity index (χ3n) is 6.94. The molecule has 0 amide bonds. The van der Waals surface area contributed by atoms with Gasteiger partial charge in [-0.1, -0.05) is 53.2 Å². The van der Waals surface area contributed by atoms with Crippen molar-refractivity contribution >= 4 is 38.4 Å². The SMILES string of the molecule is C.O=c1[nH]c2ccc(Br)cc2cc1C(c1ccc(Cl)cc1)C1(O)CCNC(Cc2ccc(F)c(F)c2)C1. The summed E-state index contributed by atoms with van der Waals surface area (Å²) in [6, 6.07) is 18.3. The first kappa shape index (κ1) is 27.5. The van der Waals surface area contributed by atoms with E-state index < -0.39 is 23.2 Å². The predicted molar refractivity (Wildman–Crippen MR) is 148 cm³/mol. The Morgan fingerprint density at radius 3 is 2.54 bits per heavy atom. The van der Waals surface area contributed by atoms with Gasteiger partial charge in [-0.2, -0.15) is 0 Å². The van der Waals surface area contributed by atoms with Gasteiger partial charge in [-0.05, 0) is 90.9 Å². The molecule has 5 rings (SSSR count). The third-order valence-corrected chi connectivity index (χ3v) is 7.69. The van der Waals surface area contributed by atoms with Crippen LogP contribution >= 0.6 is 27.5 Å². The molecule has 2 heterocycles. The van der Waals surface area contributed by atoms with Crippen LogP contribution in [0.5, 0.6) is 0 Å². The van der Waals surface area contributed by atoms with Gasteiger partial charge in [0, 0.05) is 32.5 Å². The van der Waals surface area contributed by atoms with Gasteiger partial charge in [-0.15, -0.1) is 0 Å². The number of aliphatic hydroxyl groups is 1. The van der Waals surface area contributed by atoms with E-state index in [1.54, 1.807) is 18.2 Å². The van der Waals surface area contributed by atoms with E-state index in [0.29, 0.717) is 47.5 Å². The van der Waals surface area contributed by atoms with Crippen molar-refractivity contribution < 1.29 is 13.9 Å². The van der Waals surface area contributed by atoms with Gasteiger partial charge < -0.3 is 15.4 Å². The molecule has 3 unspecified atom stereocenters. The quantitative estimate of drug-likeness (QED) is 0.242. The molecule has 194 valence electrons. The molecule has 4 nitrogen and oxygen atoms in total. The number of H-pyrrole nitrogens is 1. The Bertz CT molecular complexity index is 1480. The summed E-state index contributed by atoms with van der Waals surface area (Å²) >= 11 is 9.63. The number of pyridine rings is 1. The zero-order valence-electron chi connectivity index (χ0n) is 19.2. The second-order valence-electron chi connectivity index (χ2n) is 9.43. The van der Waals surface area contributed by atoms with Crippen molar-refractivity contribution in [1.29, 1.82) is 0 Å². The minimum Gasteiger partial charge on any atom is -0.389 e. The second-order valence-corrected chi connectivity index (χ2v) is 10.8. The van der Waals surface area contributed by atoms with Crippen LogP contribution < -0.4 is 10.9 Å². The molecule has 1 saturated heterocycles. The number of rotatable bonds is 5. The number of halogens is 4. The van der Waals surface area contributed by atoms with Gasteiger partial charge >= 0.3 is 0 Å². The van der Waals surface area contributed by atoms with Crippen LogP contribution in [0.25, 0.3) is 10.9 Å². The smallest absolute Gasteiger partial charge is 0.252 e. The number of hydrogen-bond acceptors (Lipinski definition) is 3. The zero-order valence-corrected chi connectivity index (χ0v) is 21.5. The van der Waals surface area contributed by atoms with Gasteiger partial charge in [-0.3, -0.25) is 4.79 Å². The van der Waals surface area contributed by atoms with Gasteiger partial charge in [0.1, 0.15) is 0 Å². The van der Waals surface area contributed by atoms with Crippen molar-refractivity contribution in [2.75, 3.05) is 6.54 Å². The Hall–Kier alpha value is -2.58. The van der Waals surface area contributed by atoms with E-state index in [2.05, 4.69) is 26.2 Å². The fourth-order valence-electron chi connectivity index (χ4n) is 5.29. The van der Waals surface area contributed by atoms with Gasteiger partial charge in [0.25, 0.3) is 5.56 Å².